The van der Waals surface area contributed by atoms with Crippen LogP contribution in [0.2, 0.25) is 0 Å². The molecule has 2 aromatic carbocycles. The summed E-state index contributed by atoms with van der Waals surface area (Å²) in [5, 5.41) is 8.79. The number of aliphatic carboxylic acids is 1. The van der Waals surface area contributed by atoms with Crippen molar-refractivity contribution in [3.8, 4) is 11.5 Å². The Labute approximate surface area is 108 Å². The van der Waals surface area contributed by atoms with Gasteiger partial charge < -0.3 is 9.84 Å². The summed E-state index contributed by atoms with van der Waals surface area (Å²) in [5.74, 6) is 0.811. The van der Waals surface area contributed by atoms with E-state index < -0.39 is 5.97 Å². The van der Waals surface area contributed by atoms with Crippen molar-refractivity contribution in [2.45, 2.75) is 16.2 Å². The number of ether oxygens (including phenoxy) is 1. The van der Waals surface area contributed by atoms with Gasteiger partial charge in [0, 0.05) is 0 Å². The fourth-order valence-corrected chi connectivity index (χ4v) is 2.87. The number of hydrogen-bond donors (Lipinski definition) is 1. The second kappa shape index (κ2) is 4.38. The Balaban J connectivity index is 1.96. The molecule has 18 heavy (non-hydrogen) atoms. The van der Waals surface area contributed by atoms with Crippen LogP contribution in [0.5, 0.6) is 11.5 Å². The van der Waals surface area contributed by atoms with Gasteiger partial charge in [-0.25, -0.2) is 0 Å². The lowest BCUT2D eigenvalue weighted by atomic mass is 10.1. The van der Waals surface area contributed by atoms with Gasteiger partial charge in [-0.1, -0.05) is 30.0 Å². The van der Waals surface area contributed by atoms with Gasteiger partial charge >= 0.3 is 5.97 Å². The average molecular weight is 258 g/mol. The van der Waals surface area contributed by atoms with Crippen LogP contribution in [0.25, 0.3) is 0 Å². The van der Waals surface area contributed by atoms with E-state index in [-0.39, 0.29) is 6.42 Å². The van der Waals surface area contributed by atoms with Gasteiger partial charge in [-0.15, -0.1) is 0 Å². The molecule has 0 atom stereocenters. The monoisotopic (exact) mass is 258 g/mol. The summed E-state index contributed by atoms with van der Waals surface area (Å²) in [7, 11) is 0. The average Bonchev–Trinajstić information content (AvgIpc) is 2.35. The van der Waals surface area contributed by atoms with Crippen LogP contribution in [0, 0.1) is 0 Å². The third kappa shape index (κ3) is 2.07. The minimum absolute atomic E-state index is 0.0372. The lowest BCUT2D eigenvalue weighted by Gasteiger charge is -2.19. The molecule has 0 radical (unpaired) electrons. The molecule has 90 valence electrons. The highest BCUT2D eigenvalue weighted by Crippen LogP contribution is 2.46. The van der Waals surface area contributed by atoms with Crippen molar-refractivity contribution in [3.63, 3.8) is 0 Å². The van der Waals surface area contributed by atoms with Gasteiger partial charge in [0.2, 0.25) is 0 Å². The molecule has 1 heterocycles. The van der Waals surface area contributed by atoms with E-state index in [1.165, 1.54) is 0 Å². The number of rotatable bonds is 2. The highest BCUT2D eigenvalue weighted by Gasteiger charge is 2.17. The van der Waals surface area contributed by atoms with Crippen LogP contribution in [-0.2, 0) is 11.2 Å². The van der Waals surface area contributed by atoms with E-state index >= 15 is 0 Å². The quantitative estimate of drug-likeness (QED) is 0.763. The number of carboxylic acid groups (broad SMARTS) is 1. The molecule has 4 heteroatoms. The molecule has 3 rings (SSSR count). The zero-order chi connectivity index (χ0) is 12.5. The molecule has 0 saturated carbocycles. The molecule has 0 spiro atoms. The first-order valence-corrected chi connectivity index (χ1v) is 6.33. The van der Waals surface area contributed by atoms with Crippen LogP contribution in [0.15, 0.2) is 52.3 Å². The van der Waals surface area contributed by atoms with Crippen molar-refractivity contribution in [1.82, 2.24) is 0 Å². The fourth-order valence-electron chi connectivity index (χ4n) is 1.86. The smallest absolute Gasteiger partial charge is 0.307 e. The SMILES string of the molecule is O=C(O)Cc1ccc2c(c1)Sc1ccccc1O2. The zero-order valence-electron chi connectivity index (χ0n) is 9.42. The van der Waals surface area contributed by atoms with Gasteiger partial charge in [0.1, 0.15) is 11.5 Å². The number of para-hydroxylation sites is 1. The van der Waals surface area contributed by atoms with Gasteiger partial charge in [0.15, 0.2) is 0 Å². The summed E-state index contributed by atoms with van der Waals surface area (Å²) in [6, 6.07) is 13.3. The molecule has 0 fully saturated rings. The molecule has 1 N–H and O–H groups in total. The fraction of sp³-hybridized carbons (Fsp3) is 0.0714. The Morgan fingerprint density at radius 3 is 2.72 bits per heavy atom. The van der Waals surface area contributed by atoms with Gasteiger partial charge in [0.25, 0.3) is 0 Å². The Morgan fingerprint density at radius 2 is 1.89 bits per heavy atom. The molecule has 0 saturated heterocycles. The molecule has 0 aliphatic carbocycles. The van der Waals surface area contributed by atoms with E-state index in [9.17, 15) is 4.79 Å². The lowest BCUT2D eigenvalue weighted by Crippen LogP contribution is -2.01. The van der Waals surface area contributed by atoms with Crippen molar-refractivity contribution in [3.05, 3.63) is 48.0 Å². The Morgan fingerprint density at radius 1 is 1.11 bits per heavy atom. The Kier molecular flexibility index (Phi) is 2.72. The van der Waals surface area contributed by atoms with Gasteiger partial charge in [-0.3, -0.25) is 4.79 Å². The summed E-state index contributed by atoms with van der Waals surface area (Å²) >= 11 is 1.61. The molecule has 0 unspecified atom stereocenters. The molecular weight excluding hydrogens is 248 g/mol. The van der Waals surface area contributed by atoms with E-state index in [0.717, 1.165) is 26.9 Å². The van der Waals surface area contributed by atoms with Crippen LogP contribution in [-0.4, -0.2) is 11.1 Å². The molecule has 1 aliphatic heterocycles. The first-order valence-electron chi connectivity index (χ1n) is 5.52. The molecule has 2 aromatic rings. The summed E-state index contributed by atoms with van der Waals surface area (Å²) in [5.41, 5.74) is 0.789. The van der Waals surface area contributed by atoms with E-state index in [4.69, 9.17) is 9.84 Å². The second-order valence-corrected chi connectivity index (χ2v) is 5.09. The molecule has 1 aliphatic rings. The Hall–Kier alpha value is -1.94. The van der Waals surface area contributed by atoms with E-state index in [0.29, 0.717) is 0 Å². The number of benzene rings is 2. The maximum absolute atomic E-state index is 10.7. The first-order chi connectivity index (χ1) is 8.72. The van der Waals surface area contributed by atoms with Crippen molar-refractivity contribution in [2.75, 3.05) is 0 Å². The maximum Gasteiger partial charge on any atom is 0.307 e. The summed E-state index contributed by atoms with van der Waals surface area (Å²) in [6.45, 7) is 0. The predicted molar refractivity (Wildman–Crippen MR) is 68.4 cm³/mol. The minimum atomic E-state index is -0.822. The molecule has 3 nitrogen and oxygen atoms in total. The van der Waals surface area contributed by atoms with Crippen LogP contribution in [0.1, 0.15) is 5.56 Å². The molecule has 0 amide bonds. The molecular formula is C14H10O3S. The predicted octanol–water partition coefficient (Wildman–Crippen LogP) is 3.57. The maximum atomic E-state index is 10.7. The number of hydrogen-bond acceptors (Lipinski definition) is 3. The largest absolute Gasteiger partial charge is 0.481 e. The normalized spacial score (nSPS) is 12.2. The molecule has 0 bridgehead atoms. The Bertz CT molecular complexity index is 622. The van der Waals surface area contributed by atoms with Crippen LogP contribution >= 0.6 is 11.8 Å². The summed E-state index contributed by atoms with van der Waals surface area (Å²) < 4.78 is 5.77. The van der Waals surface area contributed by atoms with Crippen LogP contribution in [0.4, 0.5) is 0 Å². The van der Waals surface area contributed by atoms with Crippen molar-refractivity contribution in [1.29, 1.82) is 0 Å². The number of carboxylic acids is 1. The molecule has 0 aromatic heterocycles. The zero-order valence-corrected chi connectivity index (χ0v) is 10.2. The van der Waals surface area contributed by atoms with Gasteiger partial charge in [0.05, 0.1) is 16.2 Å². The minimum Gasteiger partial charge on any atom is -0.481 e. The van der Waals surface area contributed by atoms with E-state index in [2.05, 4.69) is 0 Å². The summed E-state index contributed by atoms with van der Waals surface area (Å²) in [4.78, 5) is 12.7. The van der Waals surface area contributed by atoms with Gasteiger partial charge in [-0.05, 0) is 29.8 Å². The third-order valence-corrected chi connectivity index (χ3v) is 3.75. The van der Waals surface area contributed by atoms with Crippen LogP contribution in [0.3, 0.4) is 0 Å². The highest BCUT2D eigenvalue weighted by molar-refractivity contribution is 7.99. The van der Waals surface area contributed by atoms with Crippen molar-refractivity contribution < 1.29 is 14.6 Å². The third-order valence-electron chi connectivity index (χ3n) is 2.65. The summed E-state index contributed by atoms with van der Waals surface area (Å²) in [6.07, 6.45) is 0.0372. The van der Waals surface area contributed by atoms with Gasteiger partial charge in [-0.2, -0.15) is 0 Å². The standard InChI is InChI=1S/C14H10O3S/c15-14(16)8-9-5-6-11-13(7-9)18-12-4-2-1-3-10(12)17-11/h1-7H,8H2,(H,15,16). The van der Waals surface area contributed by atoms with Crippen molar-refractivity contribution in [2.24, 2.45) is 0 Å². The highest BCUT2D eigenvalue weighted by atomic mass is 32.2. The van der Waals surface area contributed by atoms with E-state index in [1.807, 2.05) is 36.4 Å². The van der Waals surface area contributed by atoms with Crippen LogP contribution < -0.4 is 4.74 Å². The van der Waals surface area contributed by atoms with E-state index in [1.54, 1.807) is 17.8 Å². The lowest BCUT2D eigenvalue weighted by molar-refractivity contribution is -0.136. The number of carbonyl (C=O) groups is 1. The second-order valence-electron chi connectivity index (χ2n) is 4.00. The first kappa shape index (κ1) is 11.2. The van der Waals surface area contributed by atoms with Crippen molar-refractivity contribution >= 4 is 17.7 Å². The topological polar surface area (TPSA) is 46.5 Å². The number of fused-ring (bicyclic) bond motifs is 2.